The van der Waals surface area contributed by atoms with Crippen molar-refractivity contribution in [1.29, 1.82) is 0 Å². The topological polar surface area (TPSA) is 54.5 Å². The van der Waals surface area contributed by atoms with E-state index in [1.54, 1.807) is 13.8 Å². The van der Waals surface area contributed by atoms with Crippen LogP contribution < -0.4 is 0 Å². The summed E-state index contributed by atoms with van der Waals surface area (Å²) in [5, 5.41) is 0. The second kappa shape index (κ2) is 5.15. The summed E-state index contributed by atoms with van der Waals surface area (Å²) in [5.41, 5.74) is -0.0671. The first-order chi connectivity index (χ1) is 9.29. The molecule has 0 N–H and O–H groups in total. The largest absolute Gasteiger partial charge is 0.297 e. The Labute approximate surface area is 116 Å². The molecule has 1 aromatic rings. The highest BCUT2D eigenvalue weighted by molar-refractivity contribution is 6.07. The van der Waals surface area contributed by atoms with E-state index in [-0.39, 0.29) is 42.8 Å². The fourth-order valence-electron chi connectivity index (χ4n) is 2.25. The highest BCUT2D eigenvalue weighted by Crippen LogP contribution is 2.31. The van der Waals surface area contributed by atoms with Gasteiger partial charge in [0.1, 0.15) is 5.82 Å². The monoisotopic (exact) mass is 277 g/mol. The molecule has 0 aliphatic carbocycles. The van der Waals surface area contributed by atoms with Crippen LogP contribution in [0.4, 0.5) is 4.39 Å². The van der Waals surface area contributed by atoms with E-state index in [1.165, 1.54) is 24.3 Å². The maximum atomic E-state index is 12.8. The van der Waals surface area contributed by atoms with Gasteiger partial charge in [-0.15, -0.1) is 0 Å². The molecule has 0 saturated carbocycles. The summed E-state index contributed by atoms with van der Waals surface area (Å²) >= 11 is 0. The summed E-state index contributed by atoms with van der Waals surface area (Å²) in [6.07, 6.45) is 0.216. The number of benzene rings is 1. The van der Waals surface area contributed by atoms with Gasteiger partial charge >= 0.3 is 0 Å². The van der Waals surface area contributed by atoms with Gasteiger partial charge in [-0.2, -0.15) is 0 Å². The van der Waals surface area contributed by atoms with Gasteiger partial charge in [-0.3, -0.25) is 19.3 Å². The molecule has 1 fully saturated rings. The van der Waals surface area contributed by atoms with Crippen molar-refractivity contribution in [3.63, 3.8) is 0 Å². The van der Waals surface area contributed by atoms with E-state index < -0.39 is 5.41 Å². The molecule has 0 radical (unpaired) electrons. The summed E-state index contributed by atoms with van der Waals surface area (Å²) in [5.74, 6) is -1.23. The second-order valence-electron chi connectivity index (χ2n) is 5.69. The van der Waals surface area contributed by atoms with Gasteiger partial charge in [-0.25, -0.2) is 4.39 Å². The Balaban J connectivity index is 2.00. The lowest BCUT2D eigenvalue weighted by Gasteiger charge is -2.17. The SMILES string of the molecule is CC1(C)CC(=O)N(CC(=O)Cc2ccc(F)cc2)C1=O. The molecule has 1 aromatic carbocycles. The molecule has 1 saturated heterocycles. The van der Waals surface area contributed by atoms with Gasteiger partial charge in [-0.05, 0) is 17.7 Å². The lowest BCUT2D eigenvalue weighted by molar-refractivity contribution is -0.143. The fraction of sp³-hybridized carbons (Fsp3) is 0.400. The van der Waals surface area contributed by atoms with Crippen LogP contribution >= 0.6 is 0 Å². The van der Waals surface area contributed by atoms with Crippen LogP contribution in [-0.2, 0) is 20.8 Å². The minimum absolute atomic E-state index is 0.0811. The molecule has 1 heterocycles. The first-order valence-electron chi connectivity index (χ1n) is 6.40. The van der Waals surface area contributed by atoms with Crippen LogP contribution in [0, 0.1) is 11.2 Å². The Bertz CT molecular complexity index is 563. The second-order valence-corrected chi connectivity index (χ2v) is 5.69. The zero-order valence-electron chi connectivity index (χ0n) is 11.5. The van der Waals surface area contributed by atoms with Crippen molar-refractivity contribution in [3.05, 3.63) is 35.6 Å². The first-order valence-corrected chi connectivity index (χ1v) is 6.40. The number of ketones is 1. The molecular formula is C15H16FNO3. The third kappa shape index (κ3) is 2.92. The number of carbonyl (C=O) groups is 3. The number of Topliss-reactive ketones (excluding diaryl/α,β-unsaturated/α-hetero) is 1. The normalized spacial score (nSPS) is 17.6. The van der Waals surface area contributed by atoms with E-state index in [0.717, 1.165) is 4.90 Å². The van der Waals surface area contributed by atoms with Crippen molar-refractivity contribution in [2.24, 2.45) is 5.41 Å². The van der Waals surface area contributed by atoms with Crippen LogP contribution in [0.2, 0.25) is 0 Å². The van der Waals surface area contributed by atoms with E-state index in [1.807, 2.05) is 0 Å². The van der Waals surface area contributed by atoms with Crippen LogP contribution in [0.25, 0.3) is 0 Å². The third-order valence-electron chi connectivity index (χ3n) is 3.37. The molecule has 20 heavy (non-hydrogen) atoms. The van der Waals surface area contributed by atoms with Crippen LogP contribution in [0.3, 0.4) is 0 Å². The van der Waals surface area contributed by atoms with Crippen molar-refractivity contribution < 1.29 is 18.8 Å². The Morgan fingerprint density at radius 3 is 2.35 bits per heavy atom. The molecule has 0 atom stereocenters. The molecule has 1 aliphatic rings. The number of nitrogens with zero attached hydrogens (tertiary/aromatic N) is 1. The average molecular weight is 277 g/mol. The minimum atomic E-state index is -0.729. The molecule has 2 rings (SSSR count). The summed E-state index contributed by atoms with van der Waals surface area (Å²) in [7, 11) is 0. The van der Waals surface area contributed by atoms with Crippen LogP contribution in [0.1, 0.15) is 25.8 Å². The van der Waals surface area contributed by atoms with Crippen LogP contribution in [-0.4, -0.2) is 29.0 Å². The Hall–Kier alpha value is -2.04. The molecule has 0 unspecified atom stereocenters. The maximum Gasteiger partial charge on any atom is 0.235 e. The zero-order valence-corrected chi connectivity index (χ0v) is 11.5. The van der Waals surface area contributed by atoms with Gasteiger partial charge in [0.25, 0.3) is 0 Å². The van der Waals surface area contributed by atoms with Crippen molar-refractivity contribution in [3.8, 4) is 0 Å². The zero-order chi connectivity index (χ0) is 14.9. The molecule has 5 heteroatoms. The lowest BCUT2D eigenvalue weighted by Crippen LogP contribution is -2.37. The van der Waals surface area contributed by atoms with Gasteiger partial charge in [0.2, 0.25) is 11.8 Å². The van der Waals surface area contributed by atoms with Gasteiger partial charge in [0.15, 0.2) is 5.78 Å². The quantitative estimate of drug-likeness (QED) is 0.787. The summed E-state index contributed by atoms with van der Waals surface area (Å²) in [6, 6.07) is 5.59. The first kappa shape index (κ1) is 14.4. The Morgan fingerprint density at radius 2 is 1.85 bits per heavy atom. The van der Waals surface area contributed by atoms with Gasteiger partial charge < -0.3 is 0 Å². The molecule has 106 valence electrons. The molecular weight excluding hydrogens is 261 g/mol. The number of hydrogen-bond acceptors (Lipinski definition) is 3. The Kier molecular flexibility index (Phi) is 3.70. The molecule has 2 amide bonds. The number of imide groups is 1. The Morgan fingerprint density at radius 1 is 1.25 bits per heavy atom. The van der Waals surface area contributed by atoms with Gasteiger partial charge in [-0.1, -0.05) is 26.0 Å². The van der Waals surface area contributed by atoms with Gasteiger partial charge in [0.05, 0.1) is 12.0 Å². The predicted molar refractivity (Wildman–Crippen MR) is 70.2 cm³/mol. The number of rotatable bonds is 4. The highest BCUT2D eigenvalue weighted by atomic mass is 19.1. The maximum absolute atomic E-state index is 12.8. The summed E-state index contributed by atoms with van der Waals surface area (Å²) in [4.78, 5) is 36.6. The summed E-state index contributed by atoms with van der Waals surface area (Å²) in [6.45, 7) is 3.17. The third-order valence-corrected chi connectivity index (χ3v) is 3.37. The molecule has 0 spiro atoms. The number of carbonyl (C=O) groups excluding carboxylic acids is 3. The average Bonchev–Trinajstić information content (AvgIpc) is 2.55. The van der Waals surface area contributed by atoms with E-state index in [2.05, 4.69) is 0 Å². The summed E-state index contributed by atoms with van der Waals surface area (Å²) < 4.78 is 12.8. The fourth-order valence-corrected chi connectivity index (χ4v) is 2.25. The van der Waals surface area contributed by atoms with E-state index in [9.17, 15) is 18.8 Å². The van der Waals surface area contributed by atoms with Crippen molar-refractivity contribution >= 4 is 17.6 Å². The van der Waals surface area contributed by atoms with Gasteiger partial charge in [0, 0.05) is 12.8 Å². The van der Waals surface area contributed by atoms with Crippen molar-refractivity contribution in [2.75, 3.05) is 6.54 Å². The lowest BCUT2D eigenvalue weighted by atomic mass is 9.92. The predicted octanol–water partition coefficient (Wildman–Crippen LogP) is 1.72. The van der Waals surface area contributed by atoms with Crippen molar-refractivity contribution in [1.82, 2.24) is 4.90 Å². The molecule has 1 aliphatic heterocycles. The smallest absolute Gasteiger partial charge is 0.235 e. The van der Waals surface area contributed by atoms with Crippen LogP contribution in [0.15, 0.2) is 24.3 Å². The van der Waals surface area contributed by atoms with E-state index in [0.29, 0.717) is 5.56 Å². The molecule has 4 nitrogen and oxygen atoms in total. The number of likely N-dealkylation sites (tertiary alicyclic amines) is 1. The van der Waals surface area contributed by atoms with Crippen LogP contribution in [0.5, 0.6) is 0 Å². The van der Waals surface area contributed by atoms with E-state index >= 15 is 0 Å². The highest BCUT2D eigenvalue weighted by Gasteiger charge is 2.45. The standard InChI is InChI=1S/C15H16FNO3/c1-15(2)8-13(19)17(14(15)20)9-12(18)7-10-3-5-11(16)6-4-10/h3-6H,7-9H2,1-2H3. The number of halogens is 1. The van der Waals surface area contributed by atoms with Crippen molar-refractivity contribution in [2.45, 2.75) is 26.7 Å². The number of amides is 2. The molecule has 0 aromatic heterocycles. The minimum Gasteiger partial charge on any atom is -0.297 e. The van der Waals surface area contributed by atoms with E-state index in [4.69, 9.17) is 0 Å². The molecule has 0 bridgehead atoms. The number of hydrogen-bond donors (Lipinski definition) is 0.